The summed E-state index contributed by atoms with van der Waals surface area (Å²) in [7, 11) is 0. The molecule has 1 aromatic carbocycles. The maximum atomic E-state index is 6.94. The highest BCUT2D eigenvalue weighted by molar-refractivity contribution is 5.11. The van der Waals surface area contributed by atoms with Crippen molar-refractivity contribution in [2.24, 2.45) is 0 Å². The number of rotatable bonds is 0. The van der Waals surface area contributed by atoms with Gasteiger partial charge in [0.05, 0.1) is 0 Å². The molecular weight excluding hydrogens is 120 g/mol. The van der Waals surface area contributed by atoms with Crippen molar-refractivity contribution < 1.29 is 2.74 Å². The van der Waals surface area contributed by atoms with Crippen LogP contribution in [0.1, 0.15) is 28.5 Å². The van der Waals surface area contributed by atoms with Crippen LogP contribution in [0.3, 0.4) is 0 Å². The van der Waals surface area contributed by atoms with Crippen molar-refractivity contribution in [1.29, 1.82) is 0 Å². The van der Waals surface area contributed by atoms with Crippen LogP contribution in [0.15, 0.2) is 30.3 Å². The summed E-state index contributed by atoms with van der Waals surface area (Å²) in [4.78, 5) is 0. The lowest BCUT2D eigenvalue weighted by Gasteiger charge is -1.82. The minimum absolute atomic E-state index is 0.0833. The first-order valence-corrected chi connectivity index (χ1v) is 3.42. The van der Waals surface area contributed by atoms with Crippen molar-refractivity contribution in [3.05, 3.63) is 35.9 Å². The van der Waals surface area contributed by atoms with E-state index in [-0.39, 0.29) is 6.40 Å². The van der Waals surface area contributed by atoms with Crippen LogP contribution in [0.25, 0.3) is 0 Å². The Kier molecular flexibility index (Phi) is 3.78. The topological polar surface area (TPSA) is 0 Å². The molecule has 0 fully saturated rings. The third kappa shape index (κ3) is 5.36. The van der Waals surface area contributed by atoms with Crippen LogP contribution in [0.2, 0.25) is 0 Å². The Morgan fingerprint density at radius 1 is 1.40 bits per heavy atom. The minimum atomic E-state index is 0.0833. The Morgan fingerprint density at radius 2 is 1.90 bits per heavy atom. The largest absolute Gasteiger partial charge is 0.0656 e. The van der Waals surface area contributed by atoms with Gasteiger partial charge in [-0.3, -0.25) is 0 Å². The van der Waals surface area contributed by atoms with Crippen LogP contribution in [-0.4, -0.2) is 0 Å². The molecule has 0 aliphatic rings. The average Bonchev–Trinajstić information content (AvgIpc) is 2.05. The van der Waals surface area contributed by atoms with E-state index in [1.165, 1.54) is 0 Å². The quantitative estimate of drug-likeness (QED) is 0.516. The minimum Gasteiger partial charge on any atom is -0.0656 e. The van der Waals surface area contributed by atoms with E-state index < -0.39 is 0 Å². The molecule has 0 heteroatoms. The molecule has 0 radical (unpaired) electrons. The van der Waals surface area contributed by atoms with E-state index in [0.29, 0.717) is 6.90 Å². The zero-order valence-electron chi connectivity index (χ0n) is 8.67. The van der Waals surface area contributed by atoms with E-state index >= 15 is 0 Å². The molecule has 10 heavy (non-hydrogen) atoms. The van der Waals surface area contributed by atoms with E-state index in [1.807, 2.05) is 44.2 Å². The number of hydrogen-bond donors (Lipinski definition) is 0. The van der Waals surface area contributed by atoms with Crippen LogP contribution in [0, 0.1) is 6.90 Å². The zero-order chi connectivity index (χ0) is 9.40. The molecule has 0 aliphatic heterocycles. The second-order valence-electron chi connectivity index (χ2n) is 2.06. The van der Waals surface area contributed by atoms with Crippen LogP contribution in [0.5, 0.6) is 0 Å². The molecule has 0 heterocycles. The van der Waals surface area contributed by atoms with Gasteiger partial charge in [-0.2, -0.15) is 0 Å². The molecule has 0 unspecified atom stereocenters. The van der Waals surface area contributed by atoms with Crippen molar-refractivity contribution in [2.45, 2.75) is 27.1 Å². The van der Waals surface area contributed by atoms with Gasteiger partial charge in [-0.25, -0.2) is 0 Å². The Hall–Kier alpha value is -0.780. The van der Waals surface area contributed by atoms with Gasteiger partial charge in [0.25, 0.3) is 0 Å². The maximum Gasteiger partial charge on any atom is 0.0280 e. The summed E-state index contributed by atoms with van der Waals surface area (Å²) >= 11 is 0. The molecule has 0 N–H and O–H groups in total. The van der Waals surface area contributed by atoms with Gasteiger partial charge < -0.3 is 0 Å². The number of benzene rings is 1. The van der Waals surface area contributed by atoms with Gasteiger partial charge in [0, 0.05) is 2.74 Å². The summed E-state index contributed by atoms with van der Waals surface area (Å²) in [5.41, 5.74) is 1.08. The molecule has 0 aromatic heterocycles. The third-order valence-corrected chi connectivity index (χ3v) is 0.843. The standard InChI is InChI=1S/C7H8.C3H8/c1-7-5-3-2-4-6-7;1-3-2/h2-6H,1H3;3H2,1-2H3/i1T;3D. The van der Waals surface area contributed by atoms with E-state index in [0.717, 1.165) is 5.56 Å². The first-order chi connectivity index (χ1) is 5.66. The zero-order valence-corrected chi connectivity index (χ0v) is 6.67. The summed E-state index contributed by atoms with van der Waals surface area (Å²) in [5.74, 6) is 0. The van der Waals surface area contributed by atoms with Crippen LogP contribution >= 0.6 is 0 Å². The Bertz CT molecular complexity index is 180. The predicted octanol–water partition coefficient (Wildman–Crippen LogP) is 3.41. The monoisotopic (exact) mass is 139 g/mol. The molecule has 56 valence electrons. The maximum absolute atomic E-state index is 6.94. The van der Waals surface area contributed by atoms with Crippen molar-refractivity contribution >= 4 is 0 Å². The fraction of sp³-hybridized carbons (Fsp3) is 0.400. The molecular formula is C10H16. The van der Waals surface area contributed by atoms with E-state index in [1.54, 1.807) is 0 Å². The van der Waals surface area contributed by atoms with Crippen molar-refractivity contribution in [2.75, 3.05) is 0 Å². The van der Waals surface area contributed by atoms with Gasteiger partial charge in [-0.15, -0.1) is 0 Å². The normalized spacial score (nSPS) is 11.1. The lowest BCUT2D eigenvalue weighted by Crippen LogP contribution is -1.62. The van der Waals surface area contributed by atoms with Gasteiger partial charge in [0.2, 0.25) is 0 Å². The van der Waals surface area contributed by atoms with Gasteiger partial charge in [0.1, 0.15) is 0 Å². The van der Waals surface area contributed by atoms with Crippen molar-refractivity contribution in [3.8, 4) is 0 Å². The smallest absolute Gasteiger partial charge is 0.0280 e. The number of hydrogen-bond acceptors (Lipinski definition) is 0. The van der Waals surface area contributed by atoms with Crippen LogP contribution in [0.4, 0.5) is 0 Å². The summed E-state index contributed by atoms with van der Waals surface area (Å²) in [5, 5.41) is 0. The second-order valence-corrected chi connectivity index (χ2v) is 2.06. The fourth-order valence-corrected chi connectivity index (χ4v) is 0.478. The molecule has 0 nitrogen and oxygen atoms in total. The Morgan fingerprint density at radius 3 is 2.20 bits per heavy atom. The van der Waals surface area contributed by atoms with E-state index in [2.05, 4.69) is 0 Å². The van der Waals surface area contributed by atoms with Crippen LogP contribution in [-0.2, 0) is 0 Å². The van der Waals surface area contributed by atoms with Gasteiger partial charge in [-0.05, 0) is 6.90 Å². The summed E-state index contributed by atoms with van der Waals surface area (Å²) in [6.07, 6.45) is 0.0833. The fourth-order valence-electron chi connectivity index (χ4n) is 0.478. The summed E-state index contributed by atoms with van der Waals surface area (Å²) in [6, 6.07) is 9.76. The lowest BCUT2D eigenvalue weighted by atomic mass is 10.2. The molecule has 0 bridgehead atoms. The second kappa shape index (κ2) is 6.34. The first kappa shape index (κ1) is 5.96. The molecule has 0 spiro atoms. The van der Waals surface area contributed by atoms with Gasteiger partial charge in [0.15, 0.2) is 0 Å². The Labute approximate surface area is 66.7 Å². The highest BCUT2D eigenvalue weighted by atomic mass is 13.8. The molecule has 1 rings (SSSR count). The van der Waals surface area contributed by atoms with E-state index in [9.17, 15) is 0 Å². The van der Waals surface area contributed by atoms with Crippen molar-refractivity contribution in [1.82, 2.24) is 0 Å². The highest BCUT2D eigenvalue weighted by Gasteiger charge is 1.72. The molecule has 1 aromatic rings. The average molecular weight is 139 g/mol. The first-order valence-electron chi connectivity index (χ1n) is 4.70. The number of aryl methyl sites for hydroxylation is 1. The Balaban J connectivity index is 0.000000261. The molecule has 0 saturated heterocycles. The van der Waals surface area contributed by atoms with E-state index in [4.69, 9.17) is 2.74 Å². The molecule has 0 amide bonds. The summed E-state index contributed by atoms with van der Waals surface area (Å²) in [6.45, 7) is 4.06. The molecule has 0 aliphatic carbocycles. The predicted molar refractivity (Wildman–Crippen MR) is 47.1 cm³/mol. The molecule has 0 saturated carbocycles. The van der Waals surface area contributed by atoms with Gasteiger partial charge in [-0.1, -0.05) is 56.1 Å². The SMILES string of the molecule is [2H]C(C)C.[3H]Cc1ccccc1. The highest BCUT2D eigenvalue weighted by Crippen LogP contribution is 1.92. The van der Waals surface area contributed by atoms with Crippen molar-refractivity contribution in [3.63, 3.8) is 0 Å². The third-order valence-electron chi connectivity index (χ3n) is 0.843. The summed E-state index contributed by atoms with van der Waals surface area (Å²) < 4.78 is 13.5. The molecule has 0 atom stereocenters. The lowest BCUT2D eigenvalue weighted by molar-refractivity contribution is 1.09. The van der Waals surface area contributed by atoms with Gasteiger partial charge >= 0.3 is 0 Å². The van der Waals surface area contributed by atoms with Crippen LogP contribution < -0.4 is 0 Å².